The molecule has 0 heterocycles. The van der Waals surface area contributed by atoms with E-state index in [1.54, 1.807) is 0 Å². The molecule has 110 valence electrons. The molecule has 0 radical (unpaired) electrons. The highest BCUT2D eigenvalue weighted by Gasteiger charge is 2.05. The van der Waals surface area contributed by atoms with Gasteiger partial charge in [-0.05, 0) is 37.0 Å². The van der Waals surface area contributed by atoms with E-state index in [0.717, 1.165) is 29.3 Å². The van der Waals surface area contributed by atoms with Crippen LogP contribution in [0.1, 0.15) is 48.0 Å². The second-order valence-electron chi connectivity index (χ2n) is 5.33. The Balaban J connectivity index is 1.60. The standard InChI is InChI=1S/C19H21BrO/c20-18-13-8-12-17(15-18)19(21)14-7-2-1-4-9-16-10-5-3-6-11-16/h3,5-6,8,10-13,15H,1-2,4,7,9,14H2. The fraction of sp³-hybridized carbons (Fsp3) is 0.316. The average molecular weight is 345 g/mol. The van der Waals surface area contributed by atoms with Crippen LogP contribution in [0.3, 0.4) is 0 Å². The van der Waals surface area contributed by atoms with Crippen LogP contribution in [0.2, 0.25) is 0 Å². The van der Waals surface area contributed by atoms with Crippen LogP contribution < -0.4 is 0 Å². The Morgan fingerprint density at radius 1 is 0.857 bits per heavy atom. The number of ketones is 1. The Morgan fingerprint density at radius 3 is 2.38 bits per heavy atom. The normalized spacial score (nSPS) is 10.5. The minimum atomic E-state index is 0.249. The number of hydrogen-bond acceptors (Lipinski definition) is 1. The molecule has 0 fully saturated rings. The van der Waals surface area contributed by atoms with Crippen molar-refractivity contribution in [3.05, 3.63) is 70.2 Å². The Bertz CT molecular complexity index is 563. The molecule has 2 aromatic rings. The molecule has 0 aliphatic rings. The maximum Gasteiger partial charge on any atom is 0.162 e. The third-order valence-corrected chi connectivity index (χ3v) is 4.10. The van der Waals surface area contributed by atoms with Crippen LogP contribution in [-0.4, -0.2) is 5.78 Å². The molecule has 0 amide bonds. The fourth-order valence-corrected chi connectivity index (χ4v) is 2.82. The van der Waals surface area contributed by atoms with Crippen molar-refractivity contribution < 1.29 is 4.79 Å². The minimum Gasteiger partial charge on any atom is -0.294 e. The number of Topliss-reactive ketones (excluding diaryl/α,β-unsaturated/α-hetero) is 1. The predicted octanol–water partition coefficient (Wildman–Crippen LogP) is 5.83. The van der Waals surface area contributed by atoms with Crippen LogP contribution in [0, 0.1) is 0 Å². The predicted molar refractivity (Wildman–Crippen MR) is 91.7 cm³/mol. The highest BCUT2D eigenvalue weighted by molar-refractivity contribution is 9.10. The number of halogens is 1. The van der Waals surface area contributed by atoms with E-state index in [4.69, 9.17) is 0 Å². The first kappa shape index (κ1) is 16.0. The van der Waals surface area contributed by atoms with Crippen LogP contribution in [0.5, 0.6) is 0 Å². The summed E-state index contributed by atoms with van der Waals surface area (Å²) in [6.07, 6.45) is 6.31. The van der Waals surface area contributed by atoms with Crippen LogP contribution in [-0.2, 0) is 6.42 Å². The molecule has 21 heavy (non-hydrogen) atoms. The quantitative estimate of drug-likeness (QED) is 0.435. The molecule has 0 spiro atoms. The largest absolute Gasteiger partial charge is 0.294 e. The van der Waals surface area contributed by atoms with Gasteiger partial charge in [-0.1, -0.05) is 71.2 Å². The SMILES string of the molecule is O=C(CCCCCCc1ccccc1)c1cccc(Br)c1. The average Bonchev–Trinajstić information content (AvgIpc) is 2.51. The smallest absolute Gasteiger partial charge is 0.162 e. The third kappa shape index (κ3) is 5.84. The van der Waals surface area contributed by atoms with E-state index >= 15 is 0 Å². The van der Waals surface area contributed by atoms with Crippen LogP contribution in [0.4, 0.5) is 0 Å². The second-order valence-corrected chi connectivity index (χ2v) is 6.25. The molecule has 0 aliphatic carbocycles. The molecule has 2 rings (SSSR count). The van der Waals surface area contributed by atoms with Crippen LogP contribution >= 0.6 is 15.9 Å². The van der Waals surface area contributed by atoms with E-state index in [9.17, 15) is 4.79 Å². The zero-order chi connectivity index (χ0) is 14.9. The summed E-state index contributed by atoms with van der Waals surface area (Å²) in [5, 5.41) is 0. The summed E-state index contributed by atoms with van der Waals surface area (Å²) in [5.41, 5.74) is 2.22. The van der Waals surface area contributed by atoms with Gasteiger partial charge in [0.25, 0.3) is 0 Å². The maximum atomic E-state index is 12.0. The molecule has 1 nitrogen and oxygen atoms in total. The molecular formula is C19H21BrO. The van der Waals surface area contributed by atoms with Gasteiger partial charge in [0.15, 0.2) is 5.78 Å². The van der Waals surface area contributed by atoms with E-state index in [1.165, 1.54) is 18.4 Å². The number of unbranched alkanes of at least 4 members (excludes halogenated alkanes) is 3. The zero-order valence-electron chi connectivity index (χ0n) is 12.2. The van der Waals surface area contributed by atoms with Gasteiger partial charge >= 0.3 is 0 Å². The first-order chi connectivity index (χ1) is 10.3. The van der Waals surface area contributed by atoms with Gasteiger partial charge in [-0.15, -0.1) is 0 Å². The number of rotatable bonds is 8. The first-order valence-electron chi connectivity index (χ1n) is 7.58. The van der Waals surface area contributed by atoms with Gasteiger partial charge in [0.2, 0.25) is 0 Å². The Morgan fingerprint density at radius 2 is 1.62 bits per heavy atom. The van der Waals surface area contributed by atoms with Gasteiger partial charge in [0.1, 0.15) is 0 Å². The number of hydrogen-bond donors (Lipinski definition) is 0. The topological polar surface area (TPSA) is 17.1 Å². The lowest BCUT2D eigenvalue weighted by Gasteiger charge is -2.03. The third-order valence-electron chi connectivity index (χ3n) is 3.61. The van der Waals surface area contributed by atoms with E-state index in [1.807, 2.05) is 24.3 Å². The van der Waals surface area contributed by atoms with E-state index in [-0.39, 0.29) is 5.78 Å². The minimum absolute atomic E-state index is 0.249. The second kappa shape index (κ2) is 8.78. The van der Waals surface area contributed by atoms with Crippen LogP contribution in [0.15, 0.2) is 59.1 Å². The van der Waals surface area contributed by atoms with Gasteiger partial charge in [0.05, 0.1) is 0 Å². The van der Waals surface area contributed by atoms with Gasteiger partial charge < -0.3 is 0 Å². The molecule has 2 heteroatoms. The summed E-state index contributed by atoms with van der Waals surface area (Å²) in [4.78, 5) is 12.0. The number of carbonyl (C=O) groups excluding carboxylic acids is 1. The maximum absolute atomic E-state index is 12.0. The molecule has 0 atom stereocenters. The van der Waals surface area contributed by atoms with Crippen molar-refractivity contribution in [3.63, 3.8) is 0 Å². The van der Waals surface area contributed by atoms with E-state index in [0.29, 0.717) is 6.42 Å². The highest BCUT2D eigenvalue weighted by Crippen LogP contribution is 2.15. The lowest BCUT2D eigenvalue weighted by atomic mass is 10.0. The Hall–Kier alpha value is -1.41. The van der Waals surface area contributed by atoms with Crippen molar-refractivity contribution >= 4 is 21.7 Å². The Labute approximate surface area is 135 Å². The molecule has 0 aromatic heterocycles. The van der Waals surface area contributed by atoms with Gasteiger partial charge in [-0.25, -0.2) is 0 Å². The van der Waals surface area contributed by atoms with Gasteiger partial charge in [-0.3, -0.25) is 4.79 Å². The van der Waals surface area contributed by atoms with Crippen molar-refractivity contribution in [2.75, 3.05) is 0 Å². The summed E-state index contributed by atoms with van der Waals surface area (Å²) in [6, 6.07) is 18.2. The van der Waals surface area contributed by atoms with Gasteiger partial charge in [0, 0.05) is 16.5 Å². The van der Waals surface area contributed by atoms with Crippen molar-refractivity contribution in [3.8, 4) is 0 Å². The fourth-order valence-electron chi connectivity index (χ4n) is 2.42. The number of aryl methyl sites for hydroxylation is 1. The van der Waals surface area contributed by atoms with Gasteiger partial charge in [-0.2, -0.15) is 0 Å². The van der Waals surface area contributed by atoms with Crippen molar-refractivity contribution in [1.82, 2.24) is 0 Å². The molecule has 0 saturated carbocycles. The van der Waals surface area contributed by atoms with E-state index < -0.39 is 0 Å². The molecule has 0 N–H and O–H groups in total. The summed E-state index contributed by atoms with van der Waals surface area (Å²) < 4.78 is 0.969. The first-order valence-corrected chi connectivity index (χ1v) is 8.38. The summed E-state index contributed by atoms with van der Waals surface area (Å²) >= 11 is 3.40. The lowest BCUT2D eigenvalue weighted by molar-refractivity contribution is 0.0979. The Kier molecular flexibility index (Phi) is 6.68. The summed E-state index contributed by atoms with van der Waals surface area (Å²) in [5.74, 6) is 0.249. The van der Waals surface area contributed by atoms with Crippen LogP contribution in [0.25, 0.3) is 0 Å². The monoisotopic (exact) mass is 344 g/mol. The number of benzene rings is 2. The highest BCUT2D eigenvalue weighted by atomic mass is 79.9. The molecular weight excluding hydrogens is 324 g/mol. The van der Waals surface area contributed by atoms with Crippen molar-refractivity contribution in [2.45, 2.75) is 38.5 Å². The van der Waals surface area contributed by atoms with Crippen molar-refractivity contribution in [1.29, 1.82) is 0 Å². The summed E-state index contributed by atoms with van der Waals surface area (Å²) in [7, 11) is 0. The summed E-state index contributed by atoms with van der Waals surface area (Å²) in [6.45, 7) is 0. The molecule has 0 saturated heterocycles. The molecule has 0 aliphatic heterocycles. The number of carbonyl (C=O) groups is 1. The van der Waals surface area contributed by atoms with E-state index in [2.05, 4.69) is 46.3 Å². The lowest BCUT2D eigenvalue weighted by Crippen LogP contribution is -1.98. The van der Waals surface area contributed by atoms with Crippen molar-refractivity contribution in [2.24, 2.45) is 0 Å². The molecule has 0 bridgehead atoms. The zero-order valence-corrected chi connectivity index (χ0v) is 13.8. The molecule has 0 unspecified atom stereocenters. The molecule has 2 aromatic carbocycles.